The zero-order valence-electron chi connectivity index (χ0n) is 7.13. The third-order valence-electron chi connectivity index (χ3n) is 1.63. The molecule has 0 aliphatic carbocycles. The van der Waals surface area contributed by atoms with Crippen LogP contribution in [0.5, 0.6) is 0 Å². The summed E-state index contributed by atoms with van der Waals surface area (Å²) in [4.78, 5) is 21.2. The molecule has 4 nitrogen and oxygen atoms in total. The lowest BCUT2D eigenvalue weighted by molar-refractivity contribution is -0.163. The highest BCUT2D eigenvalue weighted by Gasteiger charge is 2.43. The molecular formula is C7H11FO4. The van der Waals surface area contributed by atoms with Crippen LogP contribution in [0, 0.1) is 0 Å². The fourth-order valence-electron chi connectivity index (χ4n) is 0.525. The highest BCUT2D eigenvalue weighted by Crippen LogP contribution is 2.17. The lowest BCUT2D eigenvalue weighted by atomic mass is 9.97. The van der Waals surface area contributed by atoms with Crippen molar-refractivity contribution in [2.24, 2.45) is 0 Å². The van der Waals surface area contributed by atoms with Gasteiger partial charge in [-0.2, -0.15) is 0 Å². The molecule has 0 fully saturated rings. The molecule has 1 N–H and O–H groups in total. The first kappa shape index (κ1) is 11.0. The Labute approximate surface area is 69.3 Å². The molecule has 0 radical (unpaired) electrons. The Bertz CT molecular complexity index is 200. The summed E-state index contributed by atoms with van der Waals surface area (Å²) < 4.78 is 17.2. The third kappa shape index (κ3) is 2.01. The molecule has 0 aromatic carbocycles. The summed E-state index contributed by atoms with van der Waals surface area (Å²) in [6, 6.07) is 0. The minimum atomic E-state index is -2.58. The molecule has 0 aliphatic heterocycles. The smallest absolute Gasteiger partial charge is 0.338 e. The van der Waals surface area contributed by atoms with Gasteiger partial charge < -0.3 is 9.84 Å². The molecule has 2 atom stereocenters. The van der Waals surface area contributed by atoms with E-state index in [0.29, 0.717) is 0 Å². The number of methoxy groups -OCH3 is 1. The highest BCUT2D eigenvalue weighted by molar-refractivity contribution is 5.91. The number of hydrogen-bond acceptors (Lipinski definition) is 4. The van der Waals surface area contributed by atoms with Crippen molar-refractivity contribution < 1.29 is 23.8 Å². The normalized spacial score (nSPS) is 17.8. The Morgan fingerprint density at radius 2 is 2.00 bits per heavy atom. The van der Waals surface area contributed by atoms with E-state index >= 15 is 0 Å². The van der Waals surface area contributed by atoms with Crippen LogP contribution < -0.4 is 0 Å². The van der Waals surface area contributed by atoms with Crippen molar-refractivity contribution in [2.75, 3.05) is 7.11 Å². The molecule has 0 saturated heterocycles. The van der Waals surface area contributed by atoms with Gasteiger partial charge in [0.25, 0.3) is 0 Å². The summed E-state index contributed by atoms with van der Waals surface area (Å²) in [6.45, 7) is 1.78. The van der Waals surface area contributed by atoms with Crippen molar-refractivity contribution in [1.82, 2.24) is 0 Å². The summed E-state index contributed by atoms with van der Waals surface area (Å²) in [5.41, 5.74) is -2.58. The summed E-state index contributed by atoms with van der Waals surface area (Å²) in [6.07, 6.45) is -2.06. The van der Waals surface area contributed by atoms with Crippen LogP contribution in [0.15, 0.2) is 0 Å². The van der Waals surface area contributed by atoms with Crippen LogP contribution in [0.4, 0.5) is 4.39 Å². The summed E-state index contributed by atoms with van der Waals surface area (Å²) >= 11 is 0. The first-order valence-corrected chi connectivity index (χ1v) is 3.30. The van der Waals surface area contributed by atoms with Gasteiger partial charge >= 0.3 is 5.97 Å². The number of ether oxygens (including phenoxy) is 1. The Morgan fingerprint density at radius 3 is 2.25 bits per heavy atom. The van der Waals surface area contributed by atoms with Crippen LogP contribution in [0.3, 0.4) is 0 Å². The fourth-order valence-corrected chi connectivity index (χ4v) is 0.525. The third-order valence-corrected chi connectivity index (χ3v) is 1.63. The number of aliphatic hydroxyl groups is 1. The second-order valence-corrected chi connectivity index (χ2v) is 2.56. The largest absolute Gasteiger partial charge is 0.467 e. The molecule has 70 valence electrons. The minimum absolute atomic E-state index is 0.830. The predicted molar refractivity (Wildman–Crippen MR) is 38.2 cm³/mol. The van der Waals surface area contributed by atoms with Gasteiger partial charge in [-0.3, -0.25) is 4.79 Å². The minimum Gasteiger partial charge on any atom is -0.467 e. The van der Waals surface area contributed by atoms with Crippen LogP contribution in [0.1, 0.15) is 13.8 Å². The van der Waals surface area contributed by atoms with Crippen molar-refractivity contribution >= 4 is 11.8 Å². The quantitative estimate of drug-likeness (QED) is 0.610. The molecule has 0 amide bonds. The molecule has 0 aromatic heterocycles. The molecule has 0 rings (SSSR count). The van der Waals surface area contributed by atoms with Crippen molar-refractivity contribution in [2.45, 2.75) is 25.6 Å². The second kappa shape index (κ2) is 3.62. The zero-order valence-corrected chi connectivity index (χ0v) is 7.13. The Morgan fingerprint density at radius 1 is 1.58 bits per heavy atom. The van der Waals surface area contributed by atoms with Gasteiger partial charge in [-0.25, -0.2) is 9.18 Å². The Hall–Kier alpha value is -0.970. The lowest BCUT2D eigenvalue weighted by Crippen LogP contribution is -2.46. The molecule has 0 aliphatic rings. The number of aliphatic hydroxyl groups excluding tert-OH is 1. The molecule has 0 aromatic rings. The van der Waals surface area contributed by atoms with Crippen LogP contribution in [0.25, 0.3) is 0 Å². The number of alkyl halides is 1. The van der Waals surface area contributed by atoms with E-state index in [-0.39, 0.29) is 0 Å². The van der Waals surface area contributed by atoms with Gasteiger partial charge in [0.1, 0.15) is 0 Å². The maximum atomic E-state index is 13.1. The van der Waals surface area contributed by atoms with Gasteiger partial charge in [0.05, 0.1) is 7.11 Å². The monoisotopic (exact) mass is 178 g/mol. The molecule has 5 heteroatoms. The number of carbonyl (C=O) groups is 2. The molecule has 0 bridgehead atoms. The summed E-state index contributed by atoms with van der Waals surface area (Å²) in [5, 5.41) is 8.95. The summed E-state index contributed by atoms with van der Waals surface area (Å²) in [5.74, 6) is -2.07. The van der Waals surface area contributed by atoms with Gasteiger partial charge in [0.2, 0.25) is 5.67 Å². The number of carbonyl (C=O) groups excluding carboxylic acids is 2. The number of esters is 1. The van der Waals surface area contributed by atoms with Crippen molar-refractivity contribution in [3.8, 4) is 0 Å². The number of Topliss-reactive ketones (excluding diaryl/α,β-unsaturated/α-hetero) is 1. The first-order chi connectivity index (χ1) is 5.34. The maximum Gasteiger partial charge on any atom is 0.338 e. The van der Waals surface area contributed by atoms with E-state index in [2.05, 4.69) is 4.74 Å². The molecule has 0 spiro atoms. The second-order valence-electron chi connectivity index (χ2n) is 2.56. The van der Waals surface area contributed by atoms with E-state index in [4.69, 9.17) is 5.11 Å². The van der Waals surface area contributed by atoms with E-state index in [0.717, 1.165) is 21.0 Å². The van der Waals surface area contributed by atoms with Crippen LogP contribution in [-0.4, -0.2) is 35.7 Å². The Kier molecular flexibility index (Phi) is 3.33. The predicted octanol–water partition coefficient (Wildman–Crippen LogP) is -0.162. The average Bonchev–Trinajstić information content (AvgIpc) is 2.01. The summed E-state index contributed by atoms with van der Waals surface area (Å²) in [7, 11) is 1.00. The van der Waals surface area contributed by atoms with Crippen LogP contribution in [0.2, 0.25) is 0 Å². The molecule has 2 unspecified atom stereocenters. The first-order valence-electron chi connectivity index (χ1n) is 3.30. The fraction of sp³-hybridized carbons (Fsp3) is 0.714. The number of ketones is 1. The van der Waals surface area contributed by atoms with Gasteiger partial charge in [0.15, 0.2) is 11.9 Å². The number of halogens is 1. The topological polar surface area (TPSA) is 63.6 Å². The Balaban J connectivity index is 4.56. The highest BCUT2D eigenvalue weighted by atomic mass is 19.1. The molecule has 12 heavy (non-hydrogen) atoms. The maximum absolute atomic E-state index is 13.1. The molecule has 0 saturated carbocycles. The number of hydrogen-bond donors (Lipinski definition) is 1. The average molecular weight is 178 g/mol. The van der Waals surface area contributed by atoms with E-state index in [9.17, 15) is 14.0 Å². The van der Waals surface area contributed by atoms with Crippen molar-refractivity contribution in [1.29, 1.82) is 0 Å². The van der Waals surface area contributed by atoms with Gasteiger partial charge in [0, 0.05) is 0 Å². The molecular weight excluding hydrogens is 167 g/mol. The zero-order chi connectivity index (χ0) is 9.94. The van der Waals surface area contributed by atoms with Crippen LogP contribution in [-0.2, 0) is 14.3 Å². The SMILES string of the molecule is COC(=O)C(O)C(C)(F)C(C)=O. The van der Waals surface area contributed by atoms with Gasteiger partial charge in [-0.1, -0.05) is 0 Å². The van der Waals surface area contributed by atoms with E-state index in [1.807, 2.05) is 0 Å². The van der Waals surface area contributed by atoms with E-state index in [1.165, 1.54) is 0 Å². The van der Waals surface area contributed by atoms with Gasteiger partial charge in [-0.05, 0) is 13.8 Å². The van der Waals surface area contributed by atoms with E-state index in [1.54, 1.807) is 0 Å². The standard InChI is InChI=1S/C7H11FO4/c1-4(9)7(2,8)5(10)6(11)12-3/h5,10H,1-3H3. The van der Waals surface area contributed by atoms with Crippen molar-refractivity contribution in [3.05, 3.63) is 0 Å². The molecule has 0 heterocycles. The van der Waals surface area contributed by atoms with Crippen LogP contribution >= 0.6 is 0 Å². The lowest BCUT2D eigenvalue weighted by Gasteiger charge is -2.20. The van der Waals surface area contributed by atoms with Gasteiger partial charge in [-0.15, -0.1) is 0 Å². The van der Waals surface area contributed by atoms with E-state index < -0.39 is 23.5 Å². The van der Waals surface area contributed by atoms with Crippen molar-refractivity contribution in [3.63, 3.8) is 0 Å². The number of rotatable bonds is 3.